The Hall–Kier alpha value is -2.06. The van der Waals surface area contributed by atoms with Crippen molar-refractivity contribution in [1.29, 1.82) is 0 Å². The normalized spacial score (nSPS) is 14.8. The van der Waals surface area contributed by atoms with Gasteiger partial charge in [0.25, 0.3) is 5.91 Å². The van der Waals surface area contributed by atoms with E-state index >= 15 is 0 Å². The SMILES string of the molecule is CC(C)CCNC(=O)CCN(CCCN1CCOCC1)C(=O)c1cnccn1. The Morgan fingerprint density at radius 1 is 1.25 bits per heavy atom. The van der Waals surface area contributed by atoms with E-state index in [2.05, 4.69) is 34.0 Å². The van der Waals surface area contributed by atoms with E-state index < -0.39 is 0 Å². The molecule has 0 radical (unpaired) electrons. The van der Waals surface area contributed by atoms with Crippen LogP contribution in [0.2, 0.25) is 0 Å². The third-order valence-corrected chi connectivity index (χ3v) is 4.73. The van der Waals surface area contributed by atoms with Crippen LogP contribution in [0.3, 0.4) is 0 Å². The molecule has 1 fully saturated rings. The standard InChI is InChI=1S/C20H33N5O3/c1-17(2)4-6-23-19(26)5-11-25(20(27)18-16-21-7-8-22-18)10-3-9-24-12-14-28-15-13-24/h7-8,16-17H,3-6,9-15H2,1-2H3,(H,23,26). The molecule has 1 aliphatic rings. The number of carbonyl (C=O) groups excluding carboxylic acids is 2. The minimum atomic E-state index is -0.176. The fraction of sp³-hybridized carbons (Fsp3) is 0.700. The summed E-state index contributed by atoms with van der Waals surface area (Å²) in [6.45, 7) is 10.2. The zero-order valence-corrected chi connectivity index (χ0v) is 17.1. The molecule has 0 bridgehead atoms. The third kappa shape index (κ3) is 8.31. The molecule has 1 aromatic heterocycles. The summed E-state index contributed by atoms with van der Waals surface area (Å²) in [5.41, 5.74) is 0.314. The second-order valence-corrected chi connectivity index (χ2v) is 7.47. The molecular formula is C20H33N5O3. The van der Waals surface area contributed by atoms with Crippen molar-refractivity contribution in [2.75, 3.05) is 52.5 Å². The topological polar surface area (TPSA) is 87.7 Å². The Morgan fingerprint density at radius 3 is 2.71 bits per heavy atom. The first-order chi connectivity index (χ1) is 13.6. The second-order valence-electron chi connectivity index (χ2n) is 7.47. The first-order valence-corrected chi connectivity index (χ1v) is 10.2. The zero-order valence-electron chi connectivity index (χ0n) is 17.1. The maximum atomic E-state index is 12.8. The van der Waals surface area contributed by atoms with Gasteiger partial charge in [-0.2, -0.15) is 0 Å². The van der Waals surface area contributed by atoms with Crippen LogP contribution in [0.5, 0.6) is 0 Å². The summed E-state index contributed by atoms with van der Waals surface area (Å²) < 4.78 is 5.37. The number of morpholine rings is 1. The quantitative estimate of drug-likeness (QED) is 0.610. The van der Waals surface area contributed by atoms with Crippen molar-refractivity contribution in [3.05, 3.63) is 24.3 Å². The van der Waals surface area contributed by atoms with Crippen LogP contribution in [-0.4, -0.2) is 84.1 Å². The fourth-order valence-corrected chi connectivity index (χ4v) is 3.02. The lowest BCUT2D eigenvalue weighted by Gasteiger charge is -2.28. The molecule has 2 rings (SSSR count). The Morgan fingerprint density at radius 2 is 2.04 bits per heavy atom. The van der Waals surface area contributed by atoms with E-state index in [0.717, 1.165) is 45.7 Å². The number of amides is 2. The summed E-state index contributed by atoms with van der Waals surface area (Å²) >= 11 is 0. The van der Waals surface area contributed by atoms with Crippen LogP contribution in [0.1, 0.15) is 43.6 Å². The lowest BCUT2D eigenvalue weighted by atomic mass is 10.1. The van der Waals surface area contributed by atoms with Gasteiger partial charge in [-0.1, -0.05) is 13.8 Å². The molecule has 1 saturated heterocycles. The van der Waals surface area contributed by atoms with Gasteiger partial charge in [0.1, 0.15) is 5.69 Å². The molecule has 28 heavy (non-hydrogen) atoms. The summed E-state index contributed by atoms with van der Waals surface area (Å²) in [7, 11) is 0. The summed E-state index contributed by atoms with van der Waals surface area (Å²) in [6.07, 6.45) is 6.62. The number of nitrogens with zero attached hydrogens (tertiary/aromatic N) is 4. The first-order valence-electron chi connectivity index (χ1n) is 10.2. The van der Waals surface area contributed by atoms with Crippen LogP contribution < -0.4 is 5.32 Å². The molecule has 0 aliphatic carbocycles. The highest BCUT2D eigenvalue weighted by atomic mass is 16.5. The van der Waals surface area contributed by atoms with E-state index in [0.29, 0.717) is 37.7 Å². The van der Waals surface area contributed by atoms with Gasteiger partial charge in [-0.3, -0.25) is 19.5 Å². The lowest BCUT2D eigenvalue weighted by Crippen LogP contribution is -2.40. The number of ether oxygens (including phenoxy) is 1. The highest BCUT2D eigenvalue weighted by molar-refractivity contribution is 5.92. The van der Waals surface area contributed by atoms with E-state index in [1.165, 1.54) is 12.4 Å². The van der Waals surface area contributed by atoms with E-state index in [9.17, 15) is 9.59 Å². The highest BCUT2D eigenvalue weighted by Crippen LogP contribution is 2.05. The van der Waals surface area contributed by atoms with Crippen LogP contribution in [0, 0.1) is 5.92 Å². The van der Waals surface area contributed by atoms with Crippen LogP contribution in [-0.2, 0) is 9.53 Å². The van der Waals surface area contributed by atoms with E-state index in [-0.39, 0.29) is 11.8 Å². The van der Waals surface area contributed by atoms with Gasteiger partial charge in [-0.25, -0.2) is 4.98 Å². The van der Waals surface area contributed by atoms with Crippen molar-refractivity contribution < 1.29 is 14.3 Å². The average Bonchev–Trinajstić information content (AvgIpc) is 2.71. The molecule has 0 saturated carbocycles. The monoisotopic (exact) mass is 391 g/mol. The minimum Gasteiger partial charge on any atom is -0.379 e. The summed E-state index contributed by atoms with van der Waals surface area (Å²) in [4.78, 5) is 37.1. The van der Waals surface area contributed by atoms with Crippen molar-refractivity contribution in [1.82, 2.24) is 25.1 Å². The van der Waals surface area contributed by atoms with Crippen molar-refractivity contribution in [3.63, 3.8) is 0 Å². The number of hydrogen-bond donors (Lipinski definition) is 1. The number of aromatic nitrogens is 2. The highest BCUT2D eigenvalue weighted by Gasteiger charge is 2.19. The number of rotatable bonds is 11. The Kier molecular flexibility index (Phi) is 9.85. The van der Waals surface area contributed by atoms with Crippen molar-refractivity contribution in [3.8, 4) is 0 Å². The summed E-state index contributed by atoms with van der Waals surface area (Å²) in [5.74, 6) is 0.353. The smallest absolute Gasteiger partial charge is 0.274 e. The molecule has 0 spiro atoms. The van der Waals surface area contributed by atoms with Gasteiger partial charge in [0, 0.05) is 58.1 Å². The van der Waals surface area contributed by atoms with Gasteiger partial charge in [0.2, 0.25) is 5.91 Å². The lowest BCUT2D eigenvalue weighted by molar-refractivity contribution is -0.121. The molecule has 1 aliphatic heterocycles. The average molecular weight is 392 g/mol. The van der Waals surface area contributed by atoms with Gasteiger partial charge in [-0.05, 0) is 18.8 Å². The first kappa shape index (κ1) is 22.2. The maximum absolute atomic E-state index is 12.8. The molecule has 0 unspecified atom stereocenters. The number of nitrogens with one attached hydrogen (secondary N) is 1. The number of carbonyl (C=O) groups is 2. The minimum absolute atomic E-state index is 0.0224. The molecule has 2 amide bonds. The largest absolute Gasteiger partial charge is 0.379 e. The predicted molar refractivity (Wildman–Crippen MR) is 107 cm³/mol. The Balaban J connectivity index is 1.84. The van der Waals surface area contributed by atoms with E-state index in [1.54, 1.807) is 11.1 Å². The fourth-order valence-electron chi connectivity index (χ4n) is 3.02. The van der Waals surface area contributed by atoms with Gasteiger partial charge in [0.15, 0.2) is 0 Å². The molecule has 2 heterocycles. The van der Waals surface area contributed by atoms with Crippen LogP contribution in [0.15, 0.2) is 18.6 Å². The van der Waals surface area contributed by atoms with Crippen LogP contribution in [0.4, 0.5) is 0 Å². The molecule has 0 aromatic carbocycles. The Bertz CT molecular complexity index is 591. The third-order valence-electron chi connectivity index (χ3n) is 4.73. The van der Waals surface area contributed by atoms with Gasteiger partial charge in [-0.15, -0.1) is 0 Å². The predicted octanol–water partition coefficient (Wildman–Crippen LogP) is 1.19. The van der Waals surface area contributed by atoms with Crippen LogP contribution >= 0.6 is 0 Å². The molecule has 8 heteroatoms. The summed E-state index contributed by atoms with van der Waals surface area (Å²) in [5, 5.41) is 2.93. The van der Waals surface area contributed by atoms with Gasteiger partial charge < -0.3 is 15.0 Å². The molecule has 8 nitrogen and oxygen atoms in total. The Labute approximate surface area is 167 Å². The van der Waals surface area contributed by atoms with E-state index in [1.807, 2.05) is 0 Å². The van der Waals surface area contributed by atoms with Gasteiger partial charge >= 0.3 is 0 Å². The maximum Gasteiger partial charge on any atom is 0.274 e. The van der Waals surface area contributed by atoms with E-state index in [4.69, 9.17) is 4.74 Å². The van der Waals surface area contributed by atoms with Crippen molar-refractivity contribution >= 4 is 11.8 Å². The molecule has 1 aromatic rings. The summed E-state index contributed by atoms with van der Waals surface area (Å²) in [6, 6.07) is 0. The molecule has 156 valence electrons. The molecule has 0 atom stereocenters. The van der Waals surface area contributed by atoms with Crippen molar-refractivity contribution in [2.45, 2.75) is 33.1 Å². The van der Waals surface area contributed by atoms with Crippen LogP contribution in [0.25, 0.3) is 0 Å². The number of hydrogen-bond acceptors (Lipinski definition) is 6. The second kappa shape index (κ2) is 12.4. The van der Waals surface area contributed by atoms with Gasteiger partial charge in [0.05, 0.1) is 19.4 Å². The molecule has 1 N–H and O–H groups in total. The zero-order chi connectivity index (χ0) is 20.2. The van der Waals surface area contributed by atoms with Crippen molar-refractivity contribution in [2.24, 2.45) is 5.92 Å². The molecular weight excluding hydrogens is 358 g/mol.